The van der Waals surface area contributed by atoms with Crippen LogP contribution in [-0.4, -0.2) is 4.57 Å². The summed E-state index contributed by atoms with van der Waals surface area (Å²) in [6.07, 6.45) is 57.8. The molecule has 1 rings (SSSR count). The molecule has 2 heteroatoms. The number of aromatic nitrogens is 2. The molecule has 0 aliphatic heterocycles. The van der Waals surface area contributed by atoms with E-state index in [-0.39, 0.29) is 0 Å². The number of hydrogen-bond acceptors (Lipinski definition) is 0. The van der Waals surface area contributed by atoms with E-state index in [1.165, 1.54) is 251 Å². The van der Waals surface area contributed by atoms with Crippen molar-refractivity contribution < 1.29 is 4.57 Å². The molecule has 1 heterocycles. The molecular formula is C45H89N2+. The Labute approximate surface area is 298 Å². The molecule has 0 spiro atoms. The van der Waals surface area contributed by atoms with E-state index in [2.05, 4.69) is 42.3 Å². The number of unbranched alkanes of at least 4 members (excludes halogenated alkanes) is 33. The van der Waals surface area contributed by atoms with E-state index in [0.717, 1.165) is 0 Å². The highest BCUT2D eigenvalue weighted by Crippen LogP contribution is 2.16. The van der Waals surface area contributed by atoms with Crippen LogP contribution in [0.3, 0.4) is 0 Å². The largest absolute Gasteiger partial charge is 0.256 e. The third-order valence-electron chi connectivity index (χ3n) is 10.8. The Morgan fingerprint density at radius 2 is 0.660 bits per heavy atom. The van der Waals surface area contributed by atoms with Crippen LogP contribution in [0.15, 0.2) is 12.4 Å². The standard InChI is InChI=1S/C45H89N2/c1-4-7-10-13-16-19-21-22-23-24-25-26-27-28-31-34-37-40-45-46(41-38-35-32-29-18-15-12-9-6-3)43-44-47(45)42-39-36-33-30-20-17-14-11-8-5-2/h43-44H,4-42H2,1-3H3/q+1. The molecule has 1 aromatic heterocycles. The van der Waals surface area contributed by atoms with Gasteiger partial charge in [0.15, 0.2) is 0 Å². The molecule has 0 saturated carbocycles. The van der Waals surface area contributed by atoms with Crippen molar-refractivity contribution in [2.75, 3.05) is 0 Å². The van der Waals surface area contributed by atoms with E-state index in [0.29, 0.717) is 0 Å². The van der Waals surface area contributed by atoms with Crippen LogP contribution in [0.4, 0.5) is 0 Å². The molecule has 47 heavy (non-hydrogen) atoms. The Kier molecular flexibility index (Phi) is 34.3. The zero-order valence-electron chi connectivity index (χ0n) is 33.1. The number of hydrogen-bond donors (Lipinski definition) is 0. The van der Waals surface area contributed by atoms with Gasteiger partial charge >= 0.3 is 0 Å². The maximum Gasteiger partial charge on any atom is 0.256 e. The predicted octanol–water partition coefficient (Wildman–Crippen LogP) is 15.4. The van der Waals surface area contributed by atoms with Gasteiger partial charge in [-0.1, -0.05) is 220 Å². The lowest BCUT2D eigenvalue weighted by molar-refractivity contribution is -0.704. The first-order valence-corrected chi connectivity index (χ1v) is 22.4. The van der Waals surface area contributed by atoms with Gasteiger partial charge in [0.05, 0.1) is 13.1 Å². The van der Waals surface area contributed by atoms with Crippen LogP contribution in [0.2, 0.25) is 0 Å². The fourth-order valence-corrected chi connectivity index (χ4v) is 7.56. The summed E-state index contributed by atoms with van der Waals surface area (Å²) in [7, 11) is 0. The second kappa shape index (κ2) is 36.5. The minimum Gasteiger partial charge on any atom is -0.234 e. The van der Waals surface area contributed by atoms with Crippen LogP contribution in [0.25, 0.3) is 0 Å². The summed E-state index contributed by atoms with van der Waals surface area (Å²) in [5, 5.41) is 0. The van der Waals surface area contributed by atoms with E-state index in [9.17, 15) is 0 Å². The van der Waals surface area contributed by atoms with Crippen molar-refractivity contribution >= 4 is 0 Å². The van der Waals surface area contributed by atoms with Gasteiger partial charge in [-0.2, -0.15) is 0 Å². The van der Waals surface area contributed by atoms with Gasteiger partial charge in [0.2, 0.25) is 0 Å². The number of aryl methyl sites for hydroxylation is 2. The van der Waals surface area contributed by atoms with E-state index in [1.807, 2.05) is 0 Å². The Bertz CT molecular complexity index is 722. The lowest BCUT2D eigenvalue weighted by Gasteiger charge is -2.07. The first kappa shape index (κ1) is 44.2. The topological polar surface area (TPSA) is 8.81 Å². The van der Waals surface area contributed by atoms with Gasteiger partial charge in [0.1, 0.15) is 12.4 Å². The van der Waals surface area contributed by atoms with E-state index in [4.69, 9.17) is 0 Å². The van der Waals surface area contributed by atoms with Crippen LogP contribution < -0.4 is 4.57 Å². The molecule has 0 N–H and O–H groups in total. The van der Waals surface area contributed by atoms with Crippen LogP contribution >= 0.6 is 0 Å². The SMILES string of the molecule is CCCCCCCCCCCCCCCCCCCc1n(CCCCCCCCCCCC)cc[n+]1CCCCCCCCCCC. The van der Waals surface area contributed by atoms with Gasteiger partial charge in [0, 0.05) is 6.42 Å². The van der Waals surface area contributed by atoms with Crippen molar-refractivity contribution in [1.82, 2.24) is 4.57 Å². The predicted molar refractivity (Wildman–Crippen MR) is 212 cm³/mol. The van der Waals surface area contributed by atoms with Gasteiger partial charge < -0.3 is 0 Å². The zero-order chi connectivity index (χ0) is 33.7. The average molecular weight is 658 g/mol. The van der Waals surface area contributed by atoms with Crippen molar-refractivity contribution in [3.8, 4) is 0 Å². The quantitative estimate of drug-likeness (QED) is 0.0492. The summed E-state index contributed by atoms with van der Waals surface area (Å²) < 4.78 is 5.29. The maximum absolute atomic E-state index is 2.64. The molecule has 278 valence electrons. The summed E-state index contributed by atoms with van der Waals surface area (Å²) in [5.74, 6) is 1.63. The van der Waals surface area contributed by atoms with Crippen molar-refractivity contribution in [3.63, 3.8) is 0 Å². The summed E-state index contributed by atoms with van der Waals surface area (Å²) in [6.45, 7) is 9.41. The Hall–Kier alpha value is -0.790. The zero-order valence-corrected chi connectivity index (χ0v) is 33.1. The average Bonchev–Trinajstić information content (AvgIpc) is 3.47. The molecule has 0 aliphatic carbocycles. The number of imidazole rings is 1. The Morgan fingerprint density at radius 3 is 1.02 bits per heavy atom. The summed E-state index contributed by atoms with van der Waals surface area (Å²) in [6, 6.07) is 0. The highest BCUT2D eigenvalue weighted by molar-refractivity contribution is 4.84. The summed E-state index contributed by atoms with van der Waals surface area (Å²) >= 11 is 0. The molecular weight excluding hydrogens is 569 g/mol. The fourth-order valence-electron chi connectivity index (χ4n) is 7.56. The lowest BCUT2D eigenvalue weighted by atomic mass is 10.0. The van der Waals surface area contributed by atoms with E-state index in [1.54, 1.807) is 5.82 Å². The molecule has 1 aromatic rings. The van der Waals surface area contributed by atoms with Gasteiger partial charge in [0.25, 0.3) is 5.82 Å². The number of rotatable bonds is 39. The smallest absolute Gasteiger partial charge is 0.234 e. The first-order valence-electron chi connectivity index (χ1n) is 22.4. The molecule has 0 unspecified atom stereocenters. The van der Waals surface area contributed by atoms with E-state index >= 15 is 0 Å². The molecule has 0 bridgehead atoms. The summed E-state index contributed by atoms with van der Waals surface area (Å²) in [5.41, 5.74) is 0. The first-order chi connectivity index (χ1) is 23.3. The minimum atomic E-state index is 1.23. The Morgan fingerprint density at radius 1 is 0.362 bits per heavy atom. The third kappa shape index (κ3) is 28.7. The molecule has 0 radical (unpaired) electrons. The van der Waals surface area contributed by atoms with Crippen LogP contribution in [0.1, 0.15) is 258 Å². The van der Waals surface area contributed by atoms with Crippen LogP contribution in [-0.2, 0) is 19.5 Å². The van der Waals surface area contributed by atoms with Gasteiger partial charge in [-0.15, -0.1) is 0 Å². The maximum atomic E-state index is 2.64. The molecule has 0 amide bonds. The van der Waals surface area contributed by atoms with Crippen molar-refractivity contribution in [2.45, 2.75) is 271 Å². The molecule has 0 aromatic carbocycles. The van der Waals surface area contributed by atoms with E-state index < -0.39 is 0 Å². The van der Waals surface area contributed by atoms with Gasteiger partial charge in [-0.05, 0) is 32.1 Å². The molecule has 0 atom stereocenters. The Balaban J connectivity index is 2.23. The molecule has 0 aliphatic rings. The second-order valence-corrected chi connectivity index (χ2v) is 15.5. The second-order valence-electron chi connectivity index (χ2n) is 15.5. The molecule has 2 nitrogen and oxygen atoms in total. The van der Waals surface area contributed by atoms with Crippen molar-refractivity contribution in [1.29, 1.82) is 0 Å². The van der Waals surface area contributed by atoms with Gasteiger partial charge in [-0.3, -0.25) is 0 Å². The van der Waals surface area contributed by atoms with Crippen LogP contribution in [0, 0.1) is 0 Å². The number of nitrogens with zero attached hydrogens (tertiary/aromatic N) is 2. The monoisotopic (exact) mass is 658 g/mol. The fraction of sp³-hybridized carbons (Fsp3) is 0.933. The van der Waals surface area contributed by atoms with Crippen molar-refractivity contribution in [2.24, 2.45) is 0 Å². The summed E-state index contributed by atoms with van der Waals surface area (Å²) in [4.78, 5) is 0. The van der Waals surface area contributed by atoms with Crippen molar-refractivity contribution in [3.05, 3.63) is 18.2 Å². The molecule has 0 fully saturated rings. The normalized spacial score (nSPS) is 11.6. The minimum absolute atomic E-state index is 1.23. The molecule has 0 saturated heterocycles. The van der Waals surface area contributed by atoms with Crippen LogP contribution in [0.5, 0.6) is 0 Å². The highest BCUT2D eigenvalue weighted by Gasteiger charge is 2.16. The lowest BCUT2D eigenvalue weighted by Crippen LogP contribution is -2.37. The highest BCUT2D eigenvalue weighted by atomic mass is 15.1. The van der Waals surface area contributed by atoms with Gasteiger partial charge in [-0.25, -0.2) is 9.13 Å². The third-order valence-corrected chi connectivity index (χ3v) is 10.8.